The fourth-order valence-corrected chi connectivity index (χ4v) is 4.20. The zero-order chi connectivity index (χ0) is 22.8. The van der Waals surface area contributed by atoms with Crippen molar-refractivity contribution in [3.8, 4) is 0 Å². The number of nitrogens with zero attached hydrogens (tertiary/aromatic N) is 2. The molecule has 1 aliphatic heterocycles. The number of carbonyl (C=O) groups excluding carboxylic acids is 1. The summed E-state index contributed by atoms with van der Waals surface area (Å²) in [6.07, 6.45) is 3.95. The molecule has 3 nitrogen and oxygen atoms in total. The van der Waals surface area contributed by atoms with Crippen LogP contribution in [0, 0.1) is 18.7 Å². The highest BCUT2D eigenvalue weighted by atomic mass is 19.1. The highest BCUT2D eigenvalue weighted by molar-refractivity contribution is 6.15. The summed E-state index contributed by atoms with van der Waals surface area (Å²) in [4.78, 5) is 19.3. The summed E-state index contributed by atoms with van der Waals surface area (Å²) < 4.78 is 15.4. The van der Waals surface area contributed by atoms with Crippen molar-refractivity contribution in [3.05, 3.63) is 76.6 Å². The number of rotatable bonds is 7. The van der Waals surface area contributed by atoms with Crippen molar-refractivity contribution in [3.63, 3.8) is 0 Å². The molecule has 0 spiro atoms. The first-order valence-corrected chi connectivity index (χ1v) is 11.2. The van der Waals surface area contributed by atoms with E-state index < -0.39 is 5.54 Å². The predicted molar refractivity (Wildman–Crippen MR) is 127 cm³/mol. The van der Waals surface area contributed by atoms with Crippen molar-refractivity contribution >= 4 is 17.3 Å². The van der Waals surface area contributed by atoms with E-state index in [2.05, 4.69) is 37.9 Å². The van der Waals surface area contributed by atoms with Crippen LogP contribution >= 0.6 is 0 Å². The minimum atomic E-state index is -0.873. The number of aliphatic imine (C=N–C) groups is 1. The van der Waals surface area contributed by atoms with Gasteiger partial charge in [-0.25, -0.2) is 4.39 Å². The molecule has 0 aromatic heterocycles. The van der Waals surface area contributed by atoms with Crippen LogP contribution in [0.2, 0.25) is 0 Å². The third kappa shape index (κ3) is 4.48. The maximum Gasteiger partial charge on any atom is 0.255 e. The Labute approximate surface area is 185 Å². The second kappa shape index (κ2) is 9.17. The van der Waals surface area contributed by atoms with E-state index >= 15 is 4.39 Å². The van der Waals surface area contributed by atoms with Gasteiger partial charge in [-0.1, -0.05) is 63.1 Å². The minimum Gasteiger partial charge on any atom is -0.294 e. The maximum absolute atomic E-state index is 15.4. The molecule has 1 amide bonds. The van der Waals surface area contributed by atoms with E-state index in [1.165, 1.54) is 0 Å². The lowest BCUT2D eigenvalue weighted by Crippen LogP contribution is -2.42. The molecular weight excluding hydrogens is 387 g/mol. The van der Waals surface area contributed by atoms with Gasteiger partial charge in [-0.2, -0.15) is 0 Å². The molecule has 1 aliphatic rings. The monoisotopic (exact) mass is 420 g/mol. The highest BCUT2D eigenvalue weighted by Crippen LogP contribution is 2.31. The van der Waals surface area contributed by atoms with Gasteiger partial charge in [0.2, 0.25) is 0 Å². The number of hydrogen-bond donors (Lipinski definition) is 0. The average Bonchev–Trinajstić information content (AvgIpc) is 2.97. The van der Waals surface area contributed by atoms with Gasteiger partial charge in [-0.3, -0.25) is 14.7 Å². The first kappa shape index (κ1) is 22.9. The normalized spacial score (nSPS) is 16.3. The molecule has 0 N–H and O–H groups in total. The number of carbonyl (C=O) groups is 1. The topological polar surface area (TPSA) is 32.7 Å². The maximum atomic E-state index is 15.4. The standard InChI is InChI=1S/C27H33FN2O/c1-7-19(8-2)17-30-25(29-27(5,6)26(30)31)23-15-14-20(16-24(23)28)21(9-3)22-13-11-10-12-18(22)4/h9-16,19H,7-8,17H2,1-6H3/b21-9-. The molecule has 0 saturated heterocycles. The van der Waals surface area contributed by atoms with E-state index in [-0.39, 0.29) is 11.7 Å². The van der Waals surface area contributed by atoms with Gasteiger partial charge in [0.1, 0.15) is 17.2 Å². The van der Waals surface area contributed by atoms with E-state index in [0.717, 1.165) is 35.1 Å². The summed E-state index contributed by atoms with van der Waals surface area (Å²) in [6, 6.07) is 13.4. The van der Waals surface area contributed by atoms with Gasteiger partial charge >= 0.3 is 0 Å². The molecule has 2 aromatic carbocycles. The Bertz CT molecular complexity index is 1030. The third-order valence-electron chi connectivity index (χ3n) is 6.25. The molecule has 31 heavy (non-hydrogen) atoms. The van der Waals surface area contributed by atoms with Crippen LogP contribution in [0.25, 0.3) is 5.57 Å². The van der Waals surface area contributed by atoms with Crippen LogP contribution in [0.15, 0.2) is 53.5 Å². The smallest absolute Gasteiger partial charge is 0.255 e. The molecule has 0 fully saturated rings. The van der Waals surface area contributed by atoms with Gasteiger partial charge < -0.3 is 0 Å². The van der Waals surface area contributed by atoms with Gasteiger partial charge in [0.05, 0.1) is 5.56 Å². The average molecular weight is 421 g/mol. The lowest BCUT2D eigenvalue weighted by molar-refractivity contribution is -0.130. The largest absolute Gasteiger partial charge is 0.294 e. The van der Waals surface area contributed by atoms with Crippen LogP contribution in [0.3, 0.4) is 0 Å². The Morgan fingerprint density at radius 1 is 1.16 bits per heavy atom. The number of hydrogen-bond acceptors (Lipinski definition) is 2. The van der Waals surface area contributed by atoms with Gasteiger partial charge in [-0.15, -0.1) is 0 Å². The van der Waals surface area contributed by atoms with E-state index in [4.69, 9.17) is 0 Å². The Balaban J connectivity index is 2.01. The zero-order valence-electron chi connectivity index (χ0n) is 19.5. The van der Waals surface area contributed by atoms with Crippen LogP contribution in [-0.4, -0.2) is 28.7 Å². The molecule has 0 bridgehead atoms. The van der Waals surface area contributed by atoms with Crippen molar-refractivity contribution in [1.29, 1.82) is 0 Å². The molecule has 1 heterocycles. The van der Waals surface area contributed by atoms with Crippen LogP contribution in [0.5, 0.6) is 0 Å². The third-order valence-corrected chi connectivity index (χ3v) is 6.25. The molecular formula is C27H33FN2O. The molecule has 0 saturated carbocycles. The number of aryl methyl sites for hydroxylation is 1. The Morgan fingerprint density at radius 2 is 1.84 bits per heavy atom. The molecule has 164 valence electrons. The number of amides is 1. The quantitative estimate of drug-likeness (QED) is 0.511. The molecule has 4 heteroatoms. The molecule has 2 aromatic rings. The molecule has 0 aliphatic carbocycles. The van der Waals surface area contributed by atoms with Gasteiger partial charge in [0.25, 0.3) is 5.91 Å². The molecule has 0 radical (unpaired) electrons. The van der Waals surface area contributed by atoms with Crippen molar-refractivity contribution in [1.82, 2.24) is 4.90 Å². The van der Waals surface area contributed by atoms with Crippen molar-refractivity contribution in [2.45, 2.75) is 59.9 Å². The lowest BCUT2D eigenvalue weighted by atomic mass is 9.93. The van der Waals surface area contributed by atoms with Crippen LogP contribution in [0.1, 0.15) is 69.7 Å². The van der Waals surface area contributed by atoms with E-state index in [1.807, 2.05) is 31.2 Å². The Morgan fingerprint density at radius 3 is 2.42 bits per heavy atom. The summed E-state index contributed by atoms with van der Waals surface area (Å²) in [5, 5.41) is 0. The van der Waals surface area contributed by atoms with Crippen LogP contribution in [0.4, 0.5) is 4.39 Å². The highest BCUT2D eigenvalue weighted by Gasteiger charge is 2.42. The molecule has 3 rings (SSSR count). The van der Waals surface area contributed by atoms with Gasteiger partial charge in [-0.05, 0) is 68.0 Å². The summed E-state index contributed by atoms with van der Waals surface area (Å²) in [5.74, 6) is 0.390. The van der Waals surface area contributed by atoms with Crippen LogP contribution in [-0.2, 0) is 4.79 Å². The van der Waals surface area contributed by atoms with Gasteiger partial charge in [0.15, 0.2) is 0 Å². The summed E-state index contributed by atoms with van der Waals surface area (Å²) in [7, 11) is 0. The Hall–Kier alpha value is -2.75. The molecule has 0 unspecified atom stereocenters. The van der Waals surface area contributed by atoms with Crippen molar-refractivity contribution < 1.29 is 9.18 Å². The van der Waals surface area contributed by atoms with E-state index in [0.29, 0.717) is 23.9 Å². The number of amidine groups is 1. The number of allylic oxidation sites excluding steroid dienone is 1. The van der Waals surface area contributed by atoms with Gasteiger partial charge in [0, 0.05) is 6.54 Å². The fourth-order valence-electron chi connectivity index (χ4n) is 4.20. The summed E-state index contributed by atoms with van der Waals surface area (Å²) in [6.45, 7) is 12.4. The first-order chi connectivity index (χ1) is 14.7. The van der Waals surface area contributed by atoms with Crippen molar-refractivity contribution in [2.24, 2.45) is 10.9 Å². The molecule has 0 atom stereocenters. The Kier molecular flexibility index (Phi) is 6.78. The second-order valence-electron chi connectivity index (χ2n) is 8.80. The first-order valence-electron chi connectivity index (χ1n) is 11.2. The van der Waals surface area contributed by atoms with E-state index in [1.54, 1.807) is 30.9 Å². The SMILES string of the molecule is C/C=C(/c1ccc(C2=NC(C)(C)C(=O)N2CC(CC)CC)c(F)c1)c1ccccc1C. The second-order valence-corrected chi connectivity index (χ2v) is 8.80. The lowest BCUT2D eigenvalue weighted by Gasteiger charge is -2.25. The summed E-state index contributed by atoms with van der Waals surface area (Å²) in [5.41, 5.74) is 3.54. The number of halogens is 1. The fraction of sp³-hybridized carbons (Fsp3) is 0.407. The minimum absolute atomic E-state index is 0.0630. The van der Waals surface area contributed by atoms with Crippen LogP contribution < -0.4 is 0 Å². The summed E-state index contributed by atoms with van der Waals surface area (Å²) >= 11 is 0. The number of benzene rings is 2. The zero-order valence-corrected chi connectivity index (χ0v) is 19.5. The van der Waals surface area contributed by atoms with E-state index in [9.17, 15) is 4.79 Å². The predicted octanol–water partition coefficient (Wildman–Crippen LogP) is 6.39. The van der Waals surface area contributed by atoms with Crippen molar-refractivity contribution in [2.75, 3.05) is 6.54 Å².